The van der Waals surface area contributed by atoms with Crippen LogP contribution < -0.4 is 10.6 Å². The van der Waals surface area contributed by atoms with Gasteiger partial charge in [0.2, 0.25) is 0 Å². The zero-order valence-electron chi connectivity index (χ0n) is 7.88. The lowest BCUT2D eigenvalue weighted by Crippen LogP contribution is -2.38. The fourth-order valence-corrected chi connectivity index (χ4v) is 1.71. The molecule has 0 aromatic rings. The first-order chi connectivity index (χ1) is 6.45. The Morgan fingerprint density at radius 3 is 3.00 bits per heavy atom. The second-order valence-electron chi connectivity index (χ2n) is 3.59. The molecule has 4 heteroatoms. The van der Waals surface area contributed by atoms with E-state index < -0.39 is 0 Å². The molecular weight excluding hydrogens is 166 g/mol. The molecule has 0 amide bonds. The Morgan fingerprint density at radius 2 is 2.31 bits per heavy atom. The molecule has 0 aliphatic carbocycles. The van der Waals surface area contributed by atoms with E-state index >= 15 is 0 Å². The number of guanidine groups is 1. The summed E-state index contributed by atoms with van der Waals surface area (Å²) in [6, 6.07) is 0. The van der Waals surface area contributed by atoms with Gasteiger partial charge in [0.25, 0.3) is 0 Å². The average molecular weight is 183 g/mol. The predicted octanol–water partition coefficient (Wildman–Crippen LogP) is -0.0382. The van der Waals surface area contributed by atoms with Crippen LogP contribution in [0.4, 0.5) is 0 Å². The fourth-order valence-electron chi connectivity index (χ4n) is 1.71. The summed E-state index contributed by atoms with van der Waals surface area (Å²) in [5, 5.41) is 6.54. The smallest absolute Gasteiger partial charge is 0.191 e. The molecule has 0 radical (unpaired) electrons. The van der Waals surface area contributed by atoms with Crippen molar-refractivity contribution in [2.24, 2.45) is 10.9 Å². The van der Waals surface area contributed by atoms with Crippen molar-refractivity contribution in [3.05, 3.63) is 0 Å². The molecule has 1 saturated heterocycles. The number of hydrogen-bond acceptors (Lipinski definition) is 4. The van der Waals surface area contributed by atoms with E-state index in [9.17, 15) is 0 Å². The van der Waals surface area contributed by atoms with Crippen molar-refractivity contribution in [2.45, 2.75) is 12.8 Å². The van der Waals surface area contributed by atoms with Gasteiger partial charge in [0.1, 0.15) is 0 Å². The largest absolute Gasteiger partial charge is 0.381 e. The molecule has 2 heterocycles. The molecular formula is C9H17N3O. The van der Waals surface area contributed by atoms with Crippen LogP contribution in [0.3, 0.4) is 0 Å². The molecule has 2 aliphatic heterocycles. The van der Waals surface area contributed by atoms with Gasteiger partial charge in [-0.25, -0.2) is 0 Å². The van der Waals surface area contributed by atoms with Crippen LogP contribution in [0.1, 0.15) is 12.8 Å². The molecule has 0 unspecified atom stereocenters. The molecule has 0 aromatic carbocycles. The monoisotopic (exact) mass is 183 g/mol. The van der Waals surface area contributed by atoms with Crippen LogP contribution in [-0.2, 0) is 4.74 Å². The van der Waals surface area contributed by atoms with Gasteiger partial charge in [-0.3, -0.25) is 4.99 Å². The Kier molecular flexibility index (Phi) is 3.02. The molecule has 2 N–H and O–H groups in total. The normalized spacial score (nSPS) is 23.8. The van der Waals surface area contributed by atoms with Crippen molar-refractivity contribution in [3.63, 3.8) is 0 Å². The molecule has 4 nitrogen and oxygen atoms in total. The number of nitrogens with one attached hydrogen (secondary N) is 2. The van der Waals surface area contributed by atoms with E-state index in [0.717, 1.165) is 44.7 Å². The Labute approximate surface area is 78.8 Å². The summed E-state index contributed by atoms with van der Waals surface area (Å²) in [6.45, 7) is 4.78. The van der Waals surface area contributed by atoms with Crippen molar-refractivity contribution in [3.8, 4) is 0 Å². The topological polar surface area (TPSA) is 45.6 Å². The van der Waals surface area contributed by atoms with E-state index in [-0.39, 0.29) is 0 Å². The third kappa shape index (κ3) is 2.59. The maximum absolute atomic E-state index is 5.30. The van der Waals surface area contributed by atoms with Gasteiger partial charge in [-0.05, 0) is 18.8 Å². The molecule has 0 aromatic heterocycles. The Bertz CT molecular complexity index is 187. The summed E-state index contributed by atoms with van der Waals surface area (Å²) in [6.07, 6.45) is 2.36. The van der Waals surface area contributed by atoms with Crippen molar-refractivity contribution in [1.82, 2.24) is 10.6 Å². The van der Waals surface area contributed by atoms with E-state index in [0.29, 0.717) is 0 Å². The van der Waals surface area contributed by atoms with Gasteiger partial charge < -0.3 is 15.4 Å². The summed E-state index contributed by atoms with van der Waals surface area (Å²) in [5.41, 5.74) is 0. The summed E-state index contributed by atoms with van der Waals surface area (Å²) in [4.78, 5) is 4.28. The lowest BCUT2D eigenvalue weighted by atomic mass is 10.0. The third-order valence-corrected chi connectivity index (χ3v) is 2.57. The summed E-state index contributed by atoms with van der Waals surface area (Å²) in [5.74, 6) is 1.74. The van der Waals surface area contributed by atoms with E-state index in [1.165, 1.54) is 12.8 Å². The van der Waals surface area contributed by atoms with Crippen LogP contribution in [0, 0.1) is 5.92 Å². The summed E-state index contributed by atoms with van der Waals surface area (Å²) < 4.78 is 5.30. The fraction of sp³-hybridized carbons (Fsp3) is 0.889. The zero-order valence-corrected chi connectivity index (χ0v) is 7.88. The van der Waals surface area contributed by atoms with Crippen molar-refractivity contribution >= 4 is 5.96 Å². The zero-order chi connectivity index (χ0) is 8.93. The van der Waals surface area contributed by atoms with Gasteiger partial charge in [0.05, 0.1) is 6.54 Å². The minimum atomic E-state index is 0.763. The van der Waals surface area contributed by atoms with Crippen LogP contribution in [0.25, 0.3) is 0 Å². The second kappa shape index (κ2) is 4.46. The quantitative estimate of drug-likeness (QED) is 0.631. The number of hydrogen-bond donors (Lipinski definition) is 2. The average Bonchev–Trinajstić information content (AvgIpc) is 2.69. The lowest BCUT2D eigenvalue weighted by Gasteiger charge is -2.22. The Hall–Kier alpha value is -0.770. The molecule has 0 spiro atoms. The van der Waals surface area contributed by atoms with E-state index in [1.807, 2.05) is 0 Å². The Morgan fingerprint density at radius 1 is 1.46 bits per heavy atom. The standard InChI is InChI=1S/C9H17N3O/c1-5-13-6-2-8(1)7-12-9-10-3-4-11-9/h8H,1-7H2,(H2,10,11,12). The first-order valence-corrected chi connectivity index (χ1v) is 5.05. The van der Waals surface area contributed by atoms with Crippen LogP contribution in [-0.4, -0.2) is 38.8 Å². The first kappa shape index (κ1) is 8.81. The SMILES string of the molecule is C1CNC(NCC2CCOCC2)=N1. The maximum atomic E-state index is 5.30. The molecule has 1 fully saturated rings. The van der Waals surface area contributed by atoms with Crippen molar-refractivity contribution in [2.75, 3.05) is 32.8 Å². The highest BCUT2D eigenvalue weighted by Crippen LogP contribution is 2.12. The van der Waals surface area contributed by atoms with Crippen LogP contribution in [0.5, 0.6) is 0 Å². The minimum Gasteiger partial charge on any atom is -0.381 e. The van der Waals surface area contributed by atoms with E-state index in [2.05, 4.69) is 15.6 Å². The van der Waals surface area contributed by atoms with Gasteiger partial charge >= 0.3 is 0 Å². The number of nitrogens with zero attached hydrogens (tertiary/aromatic N) is 1. The summed E-state index contributed by atoms with van der Waals surface area (Å²) >= 11 is 0. The Balaban J connectivity index is 1.66. The molecule has 74 valence electrons. The first-order valence-electron chi connectivity index (χ1n) is 5.05. The maximum Gasteiger partial charge on any atom is 0.191 e. The molecule has 0 bridgehead atoms. The number of aliphatic imine (C=N–C) groups is 1. The van der Waals surface area contributed by atoms with Crippen molar-refractivity contribution in [1.29, 1.82) is 0 Å². The molecule has 2 rings (SSSR count). The predicted molar refractivity (Wildman–Crippen MR) is 51.9 cm³/mol. The molecule has 0 saturated carbocycles. The van der Waals surface area contributed by atoms with Crippen molar-refractivity contribution < 1.29 is 4.74 Å². The van der Waals surface area contributed by atoms with Gasteiger partial charge in [-0.15, -0.1) is 0 Å². The molecule has 0 atom stereocenters. The van der Waals surface area contributed by atoms with Gasteiger partial charge in [-0.1, -0.05) is 0 Å². The highest BCUT2D eigenvalue weighted by atomic mass is 16.5. The lowest BCUT2D eigenvalue weighted by molar-refractivity contribution is 0.0675. The third-order valence-electron chi connectivity index (χ3n) is 2.57. The van der Waals surface area contributed by atoms with Crippen LogP contribution in [0.2, 0.25) is 0 Å². The van der Waals surface area contributed by atoms with Crippen LogP contribution in [0.15, 0.2) is 4.99 Å². The number of rotatable bonds is 2. The highest BCUT2D eigenvalue weighted by Gasteiger charge is 2.14. The van der Waals surface area contributed by atoms with E-state index in [4.69, 9.17) is 4.74 Å². The van der Waals surface area contributed by atoms with Gasteiger partial charge in [-0.2, -0.15) is 0 Å². The molecule has 13 heavy (non-hydrogen) atoms. The van der Waals surface area contributed by atoms with Crippen LogP contribution >= 0.6 is 0 Å². The highest BCUT2D eigenvalue weighted by molar-refractivity contribution is 5.81. The minimum absolute atomic E-state index is 0.763. The van der Waals surface area contributed by atoms with Gasteiger partial charge in [0, 0.05) is 26.3 Å². The van der Waals surface area contributed by atoms with Gasteiger partial charge in [0.15, 0.2) is 5.96 Å². The van der Waals surface area contributed by atoms with E-state index in [1.54, 1.807) is 0 Å². The second-order valence-corrected chi connectivity index (χ2v) is 3.59. The summed E-state index contributed by atoms with van der Waals surface area (Å²) in [7, 11) is 0. The number of ether oxygens (including phenoxy) is 1. The molecule has 2 aliphatic rings.